The van der Waals surface area contributed by atoms with Crippen LogP contribution in [0.2, 0.25) is 0 Å². The molecule has 0 atom stereocenters. The summed E-state index contributed by atoms with van der Waals surface area (Å²) in [6.45, 7) is 5.01. The van der Waals surface area contributed by atoms with Gasteiger partial charge < -0.3 is 14.6 Å². The number of aliphatic hydroxyl groups excluding tert-OH is 1. The van der Waals surface area contributed by atoms with E-state index in [-0.39, 0.29) is 18.5 Å². The van der Waals surface area contributed by atoms with E-state index in [0.29, 0.717) is 25.4 Å². The molecule has 0 aliphatic heterocycles. The van der Waals surface area contributed by atoms with Crippen LogP contribution >= 0.6 is 0 Å². The molecule has 0 saturated carbocycles. The largest absolute Gasteiger partial charge is 0.384 e. The molecule has 0 spiro atoms. The summed E-state index contributed by atoms with van der Waals surface area (Å²) in [7, 11) is 0. The minimum absolute atomic E-state index is 0.181. The molecule has 1 rings (SSSR count). The minimum atomic E-state index is -0.353. The fourth-order valence-electron chi connectivity index (χ4n) is 1.45. The van der Waals surface area contributed by atoms with Crippen molar-refractivity contribution in [2.45, 2.75) is 26.6 Å². The third-order valence-electron chi connectivity index (χ3n) is 2.31. The van der Waals surface area contributed by atoms with E-state index >= 15 is 0 Å². The Morgan fingerprint density at radius 3 is 2.79 bits per heavy atom. The number of rotatable bonds is 6. The van der Waals surface area contributed by atoms with Gasteiger partial charge in [0.1, 0.15) is 12.4 Å². The van der Waals surface area contributed by atoms with Crippen LogP contribution in [0, 0.1) is 17.7 Å². The van der Waals surface area contributed by atoms with Crippen LogP contribution in [0.4, 0.5) is 4.39 Å². The first kappa shape index (κ1) is 15.6. The van der Waals surface area contributed by atoms with E-state index in [0.717, 1.165) is 5.56 Å². The molecule has 104 valence electrons. The van der Waals surface area contributed by atoms with Gasteiger partial charge in [0, 0.05) is 5.56 Å². The predicted octanol–water partition coefficient (Wildman–Crippen LogP) is 2.11. The van der Waals surface area contributed by atoms with Crippen molar-refractivity contribution in [3.05, 3.63) is 35.1 Å². The van der Waals surface area contributed by atoms with E-state index in [9.17, 15) is 4.39 Å². The number of hydrogen-bond donors (Lipinski definition) is 1. The molecule has 0 amide bonds. The van der Waals surface area contributed by atoms with Gasteiger partial charge in [-0.15, -0.1) is 0 Å². The van der Waals surface area contributed by atoms with Crippen molar-refractivity contribution in [1.82, 2.24) is 0 Å². The number of halogens is 1. The molecule has 1 N–H and O–H groups in total. The molecule has 0 unspecified atom stereocenters. The maximum Gasteiger partial charge on any atom is 0.124 e. The SMILES string of the molecule is CC(C)OCCOCc1ccc(F)cc1C#CCO. The Hall–Kier alpha value is -1.41. The zero-order valence-corrected chi connectivity index (χ0v) is 11.3. The van der Waals surface area contributed by atoms with Gasteiger partial charge in [-0.05, 0) is 31.5 Å². The smallest absolute Gasteiger partial charge is 0.124 e. The molecule has 0 fully saturated rings. The highest BCUT2D eigenvalue weighted by Crippen LogP contribution is 2.11. The lowest BCUT2D eigenvalue weighted by Gasteiger charge is -2.09. The summed E-state index contributed by atoms with van der Waals surface area (Å²) >= 11 is 0. The van der Waals surface area contributed by atoms with Crippen LogP contribution in [0.5, 0.6) is 0 Å². The molecule has 0 aromatic heterocycles. The van der Waals surface area contributed by atoms with Crippen molar-refractivity contribution in [3.8, 4) is 11.8 Å². The molecule has 4 heteroatoms. The van der Waals surface area contributed by atoms with Crippen molar-refractivity contribution in [1.29, 1.82) is 0 Å². The van der Waals surface area contributed by atoms with Gasteiger partial charge in [0.2, 0.25) is 0 Å². The van der Waals surface area contributed by atoms with Crippen LogP contribution in [-0.2, 0) is 16.1 Å². The first-order valence-electron chi connectivity index (χ1n) is 6.21. The standard InChI is InChI=1S/C15H19FO3/c1-12(2)19-9-8-18-11-14-5-6-15(16)10-13(14)4-3-7-17/h5-6,10,12,17H,7-9,11H2,1-2H3. The van der Waals surface area contributed by atoms with Crippen LogP contribution in [0.15, 0.2) is 18.2 Å². The number of benzene rings is 1. The summed E-state index contributed by atoms with van der Waals surface area (Å²) in [4.78, 5) is 0. The predicted molar refractivity (Wildman–Crippen MR) is 71.1 cm³/mol. The Kier molecular flexibility index (Phi) is 7.12. The van der Waals surface area contributed by atoms with Gasteiger partial charge in [0.15, 0.2) is 0 Å². The van der Waals surface area contributed by atoms with Crippen molar-refractivity contribution >= 4 is 0 Å². The molecule has 1 aromatic carbocycles. The van der Waals surface area contributed by atoms with Gasteiger partial charge in [0.05, 0.1) is 25.9 Å². The summed E-state index contributed by atoms with van der Waals surface area (Å²) in [5.74, 6) is 4.87. The highest BCUT2D eigenvalue weighted by Gasteiger charge is 2.03. The molecule has 0 saturated heterocycles. The highest BCUT2D eigenvalue weighted by atomic mass is 19.1. The summed E-state index contributed by atoms with van der Waals surface area (Å²) in [5.41, 5.74) is 1.34. The van der Waals surface area contributed by atoms with Gasteiger partial charge in [-0.1, -0.05) is 17.9 Å². The summed E-state index contributed by atoms with van der Waals surface area (Å²) in [6, 6.07) is 4.35. The Bertz CT molecular complexity index is 446. The number of aliphatic hydroxyl groups is 1. The molecule has 0 radical (unpaired) electrons. The molecule has 0 bridgehead atoms. The molecular weight excluding hydrogens is 247 g/mol. The maximum atomic E-state index is 13.1. The van der Waals surface area contributed by atoms with Crippen LogP contribution < -0.4 is 0 Å². The van der Waals surface area contributed by atoms with Crippen LogP contribution in [0.3, 0.4) is 0 Å². The average molecular weight is 266 g/mol. The summed E-state index contributed by atoms with van der Waals surface area (Å²) in [5, 5.41) is 8.67. The van der Waals surface area contributed by atoms with Gasteiger partial charge in [-0.25, -0.2) is 4.39 Å². The first-order chi connectivity index (χ1) is 9.13. The number of ether oxygens (including phenoxy) is 2. The molecule has 3 nitrogen and oxygen atoms in total. The normalized spacial score (nSPS) is 10.4. The third kappa shape index (κ3) is 6.35. The Morgan fingerprint density at radius 1 is 1.32 bits per heavy atom. The first-order valence-corrected chi connectivity index (χ1v) is 6.21. The van der Waals surface area contributed by atoms with E-state index in [1.54, 1.807) is 6.07 Å². The fraction of sp³-hybridized carbons (Fsp3) is 0.467. The monoisotopic (exact) mass is 266 g/mol. The van der Waals surface area contributed by atoms with Gasteiger partial charge in [-0.3, -0.25) is 0 Å². The second kappa shape index (κ2) is 8.65. The quantitative estimate of drug-likeness (QED) is 0.633. The topological polar surface area (TPSA) is 38.7 Å². The summed E-state index contributed by atoms with van der Waals surface area (Å²) in [6.07, 6.45) is 0.181. The Morgan fingerprint density at radius 2 is 2.11 bits per heavy atom. The highest BCUT2D eigenvalue weighted by molar-refractivity contribution is 5.41. The zero-order chi connectivity index (χ0) is 14.1. The van der Waals surface area contributed by atoms with Crippen LogP contribution in [0.25, 0.3) is 0 Å². The molecular formula is C15H19FO3. The lowest BCUT2D eigenvalue weighted by atomic mass is 10.1. The molecule has 19 heavy (non-hydrogen) atoms. The number of hydrogen-bond acceptors (Lipinski definition) is 3. The van der Waals surface area contributed by atoms with Crippen LogP contribution in [0.1, 0.15) is 25.0 Å². The van der Waals surface area contributed by atoms with Gasteiger partial charge in [-0.2, -0.15) is 0 Å². The second-order valence-corrected chi connectivity index (χ2v) is 4.23. The van der Waals surface area contributed by atoms with Crippen LogP contribution in [-0.4, -0.2) is 31.0 Å². The van der Waals surface area contributed by atoms with Gasteiger partial charge >= 0.3 is 0 Å². The lowest BCUT2D eigenvalue weighted by molar-refractivity contribution is 0.0142. The molecule has 0 aliphatic rings. The molecule has 0 aliphatic carbocycles. The third-order valence-corrected chi connectivity index (χ3v) is 2.31. The molecule has 1 aromatic rings. The van der Waals surface area contributed by atoms with E-state index in [1.165, 1.54) is 12.1 Å². The van der Waals surface area contributed by atoms with Crippen molar-refractivity contribution < 1.29 is 19.0 Å². The Balaban J connectivity index is 2.52. The summed E-state index contributed by atoms with van der Waals surface area (Å²) < 4.78 is 23.9. The van der Waals surface area contributed by atoms with E-state index in [1.807, 2.05) is 13.8 Å². The van der Waals surface area contributed by atoms with E-state index in [2.05, 4.69) is 11.8 Å². The van der Waals surface area contributed by atoms with E-state index < -0.39 is 0 Å². The molecule has 0 heterocycles. The second-order valence-electron chi connectivity index (χ2n) is 4.23. The minimum Gasteiger partial charge on any atom is -0.384 e. The Labute approximate surface area is 113 Å². The maximum absolute atomic E-state index is 13.1. The fourth-order valence-corrected chi connectivity index (χ4v) is 1.45. The van der Waals surface area contributed by atoms with E-state index in [4.69, 9.17) is 14.6 Å². The van der Waals surface area contributed by atoms with Crippen molar-refractivity contribution in [3.63, 3.8) is 0 Å². The van der Waals surface area contributed by atoms with Crippen molar-refractivity contribution in [2.75, 3.05) is 19.8 Å². The zero-order valence-electron chi connectivity index (χ0n) is 11.3. The average Bonchev–Trinajstić information content (AvgIpc) is 2.37. The lowest BCUT2D eigenvalue weighted by Crippen LogP contribution is -2.09. The van der Waals surface area contributed by atoms with Gasteiger partial charge in [0.25, 0.3) is 0 Å². The van der Waals surface area contributed by atoms with Crippen molar-refractivity contribution in [2.24, 2.45) is 0 Å².